The van der Waals surface area contributed by atoms with Crippen LogP contribution in [0.4, 0.5) is 5.69 Å². The third-order valence-electron chi connectivity index (χ3n) is 4.00. The van der Waals surface area contributed by atoms with E-state index in [0.29, 0.717) is 12.8 Å². The number of carbonyl (C=O) groups is 2. The van der Waals surface area contributed by atoms with Gasteiger partial charge in [-0.3, -0.25) is 9.59 Å². The van der Waals surface area contributed by atoms with E-state index in [2.05, 4.69) is 10.6 Å². The Balaban J connectivity index is 2.05. The van der Waals surface area contributed by atoms with Gasteiger partial charge in [0.2, 0.25) is 5.91 Å². The fraction of sp³-hybridized carbons (Fsp3) is 0.500. The largest absolute Gasteiger partial charge is 0.481 e. The van der Waals surface area contributed by atoms with Crippen LogP contribution in [0.5, 0.6) is 0 Å². The van der Waals surface area contributed by atoms with Gasteiger partial charge in [-0.25, -0.2) is 0 Å². The molecule has 0 bridgehead atoms. The van der Waals surface area contributed by atoms with Crippen LogP contribution >= 0.6 is 0 Å². The van der Waals surface area contributed by atoms with Gasteiger partial charge < -0.3 is 15.7 Å². The predicted molar refractivity (Wildman–Crippen MR) is 80.9 cm³/mol. The minimum Gasteiger partial charge on any atom is -0.481 e. The monoisotopic (exact) mass is 290 g/mol. The van der Waals surface area contributed by atoms with E-state index in [4.69, 9.17) is 0 Å². The highest BCUT2D eigenvalue weighted by Gasteiger charge is 2.35. The molecule has 2 rings (SSSR count). The number of hydrogen-bond donors (Lipinski definition) is 3. The Hall–Kier alpha value is -1.88. The van der Waals surface area contributed by atoms with Crippen molar-refractivity contribution >= 4 is 17.6 Å². The average molecular weight is 290 g/mol. The summed E-state index contributed by atoms with van der Waals surface area (Å²) in [6.45, 7) is 0.727. The van der Waals surface area contributed by atoms with Crippen LogP contribution in [0, 0.1) is 11.8 Å². The number of aliphatic carboxylic acids is 1. The molecule has 0 aromatic heterocycles. The number of carboxylic acid groups (broad SMARTS) is 1. The fourth-order valence-electron chi connectivity index (χ4n) is 2.94. The lowest BCUT2D eigenvalue weighted by Crippen LogP contribution is -2.36. The molecule has 1 fully saturated rings. The summed E-state index contributed by atoms with van der Waals surface area (Å²) >= 11 is 0. The molecule has 0 saturated heterocycles. The Labute approximate surface area is 124 Å². The van der Waals surface area contributed by atoms with E-state index in [9.17, 15) is 14.7 Å². The molecule has 114 valence electrons. The van der Waals surface area contributed by atoms with E-state index in [1.165, 1.54) is 0 Å². The Kier molecular flexibility index (Phi) is 5.33. The summed E-state index contributed by atoms with van der Waals surface area (Å²) in [7, 11) is 1.87. The number of anilines is 1. The maximum atomic E-state index is 12.4. The molecule has 1 amide bonds. The van der Waals surface area contributed by atoms with Crippen molar-refractivity contribution in [1.29, 1.82) is 0 Å². The van der Waals surface area contributed by atoms with Gasteiger partial charge >= 0.3 is 5.97 Å². The quantitative estimate of drug-likeness (QED) is 0.777. The molecule has 0 aliphatic heterocycles. The zero-order valence-corrected chi connectivity index (χ0v) is 12.3. The van der Waals surface area contributed by atoms with Crippen LogP contribution in [0.15, 0.2) is 24.3 Å². The number of nitrogens with one attached hydrogen (secondary N) is 2. The minimum absolute atomic E-state index is 0.177. The molecule has 0 radical (unpaired) electrons. The lowest BCUT2D eigenvalue weighted by molar-refractivity contribution is -0.147. The maximum absolute atomic E-state index is 12.4. The first-order chi connectivity index (χ1) is 10.1. The first kappa shape index (κ1) is 15.5. The molecule has 1 aromatic rings. The molecular formula is C16H22N2O3. The Morgan fingerprint density at radius 1 is 1.24 bits per heavy atom. The van der Waals surface area contributed by atoms with Crippen LogP contribution in [-0.4, -0.2) is 24.0 Å². The summed E-state index contributed by atoms with van der Waals surface area (Å²) in [5, 5.41) is 15.2. The molecule has 1 aliphatic carbocycles. The van der Waals surface area contributed by atoms with Gasteiger partial charge in [-0.2, -0.15) is 0 Å². The van der Waals surface area contributed by atoms with Crippen molar-refractivity contribution in [3.8, 4) is 0 Å². The molecule has 3 N–H and O–H groups in total. The summed E-state index contributed by atoms with van der Waals surface area (Å²) in [5.41, 5.74) is 1.80. The second-order valence-electron chi connectivity index (χ2n) is 5.56. The number of amides is 1. The summed E-state index contributed by atoms with van der Waals surface area (Å²) in [5.74, 6) is -2.02. The lowest BCUT2D eigenvalue weighted by atomic mass is 9.78. The van der Waals surface area contributed by atoms with Crippen LogP contribution in [0.3, 0.4) is 0 Å². The fourth-order valence-corrected chi connectivity index (χ4v) is 2.94. The average Bonchev–Trinajstić information content (AvgIpc) is 2.48. The molecule has 21 heavy (non-hydrogen) atoms. The molecule has 5 nitrogen and oxygen atoms in total. The highest BCUT2D eigenvalue weighted by atomic mass is 16.4. The zero-order chi connectivity index (χ0) is 15.2. The Morgan fingerprint density at radius 2 is 1.95 bits per heavy atom. The molecule has 2 unspecified atom stereocenters. The van der Waals surface area contributed by atoms with Gasteiger partial charge in [0.25, 0.3) is 0 Å². The number of hydrogen-bond acceptors (Lipinski definition) is 3. The van der Waals surface area contributed by atoms with E-state index in [1.54, 1.807) is 0 Å². The lowest BCUT2D eigenvalue weighted by Gasteiger charge is -2.27. The van der Waals surface area contributed by atoms with Crippen molar-refractivity contribution in [2.24, 2.45) is 11.8 Å². The van der Waals surface area contributed by atoms with Gasteiger partial charge in [-0.1, -0.05) is 25.0 Å². The maximum Gasteiger partial charge on any atom is 0.307 e. The molecule has 1 aromatic carbocycles. The van der Waals surface area contributed by atoms with Crippen LogP contribution < -0.4 is 10.6 Å². The number of benzene rings is 1. The first-order valence-electron chi connectivity index (χ1n) is 7.39. The topological polar surface area (TPSA) is 78.4 Å². The van der Waals surface area contributed by atoms with E-state index in [-0.39, 0.29) is 5.91 Å². The van der Waals surface area contributed by atoms with E-state index >= 15 is 0 Å². The van der Waals surface area contributed by atoms with Gasteiger partial charge in [-0.05, 0) is 37.6 Å². The van der Waals surface area contributed by atoms with Crippen molar-refractivity contribution in [3.05, 3.63) is 29.8 Å². The molecule has 2 atom stereocenters. The third-order valence-corrected chi connectivity index (χ3v) is 4.00. The van der Waals surface area contributed by atoms with Crippen molar-refractivity contribution < 1.29 is 14.7 Å². The van der Waals surface area contributed by atoms with Crippen LogP contribution in [-0.2, 0) is 16.1 Å². The van der Waals surface area contributed by atoms with Gasteiger partial charge in [-0.15, -0.1) is 0 Å². The number of carbonyl (C=O) groups excluding carboxylic acids is 1. The third kappa shape index (κ3) is 4.04. The van der Waals surface area contributed by atoms with Crippen LogP contribution in [0.1, 0.15) is 31.2 Å². The number of carboxylic acids is 1. The van der Waals surface area contributed by atoms with E-state index in [0.717, 1.165) is 30.6 Å². The summed E-state index contributed by atoms with van der Waals surface area (Å²) in [6.07, 6.45) is 3.05. The highest BCUT2D eigenvalue weighted by Crippen LogP contribution is 2.31. The molecule has 5 heteroatoms. The van der Waals surface area contributed by atoms with Crippen molar-refractivity contribution in [3.63, 3.8) is 0 Å². The molecule has 0 heterocycles. The molecular weight excluding hydrogens is 268 g/mol. The minimum atomic E-state index is -0.862. The molecule has 1 saturated carbocycles. The van der Waals surface area contributed by atoms with Gasteiger partial charge in [0.15, 0.2) is 0 Å². The first-order valence-corrected chi connectivity index (χ1v) is 7.39. The predicted octanol–water partition coefficient (Wildman–Crippen LogP) is 2.24. The van der Waals surface area contributed by atoms with Crippen molar-refractivity contribution in [1.82, 2.24) is 5.32 Å². The highest BCUT2D eigenvalue weighted by molar-refractivity contribution is 5.95. The van der Waals surface area contributed by atoms with Crippen molar-refractivity contribution in [2.45, 2.75) is 32.2 Å². The van der Waals surface area contributed by atoms with Gasteiger partial charge in [0, 0.05) is 12.2 Å². The van der Waals surface area contributed by atoms with Crippen LogP contribution in [0.25, 0.3) is 0 Å². The normalized spacial score (nSPS) is 21.8. The van der Waals surface area contributed by atoms with Crippen LogP contribution in [0.2, 0.25) is 0 Å². The smallest absolute Gasteiger partial charge is 0.307 e. The van der Waals surface area contributed by atoms with E-state index in [1.807, 2.05) is 31.3 Å². The Bertz CT molecular complexity index is 516. The summed E-state index contributed by atoms with van der Waals surface area (Å²) in [4.78, 5) is 23.6. The second kappa shape index (κ2) is 7.22. The van der Waals surface area contributed by atoms with Gasteiger partial charge in [0.05, 0.1) is 11.8 Å². The zero-order valence-electron chi connectivity index (χ0n) is 12.3. The van der Waals surface area contributed by atoms with E-state index < -0.39 is 17.8 Å². The summed E-state index contributed by atoms with van der Waals surface area (Å²) in [6, 6.07) is 7.60. The summed E-state index contributed by atoms with van der Waals surface area (Å²) < 4.78 is 0. The molecule has 0 spiro atoms. The second-order valence-corrected chi connectivity index (χ2v) is 5.56. The SMILES string of the molecule is CNCc1cccc(NC(=O)C2CCCCC2C(=O)O)c1. The number of rotatable bonds is 5. The molecule has 1 aliphatic rings. The van der Waals surface area contributed by atoms with Crippen molar-refractivity contribution in [2.75, 3.05) is 12.4 Å². The van der Waals surface area contributed by atoms with Gasteiger partial charge in [0.1, 0.15) is 0 Å². The standard InChI is InChI=1S/C16H22N2O3/c1-17-10-11-5-4-6-12(9-11)18-15(19)13-7-2-3-8-14(13)16(20)21/h4-6,9,13-14,17H,2-3,7-8,10H2,1H3,(H,18,19)(H,20,21). The Morgan fingerprint density at radius 3 is 2.62 bits per heavy atom.